The van der Waals surface area contributed by atoms with Crippen molar-refractivity contribution in [3.05, 3.63) is 54.1 Å². The van der Waals surface area contributed by atoms with E-state index < -0.39 is 11.7 Å². The van der Waals surface area contributed by atoms with Crippen LogP contribution in [-0.4, -0.2) is 15.5 Å². The minimum absolute atomic E-state index is 0.0546. The third kappa shape index (κ3) is 2.25. The Morgan fingerprint density at radius 3 is 2.81 bits per heavy atom. The van der Waals surface area contributed by atoms with Crippen LogP contribution in [-0.2, 0) is 0 Å². The summed E-state index contributed by atoms with van der Waals surface area (Å²) in [6.07, 6.45) is 3.11. The van der Waals surface area contributed by atoms with Crippen LogP contribution in [0.2, 0.25) is 0 Å². The van der Waals surface area contributed by atoms with Gasteiger partial charge in [-0.3, -0.25) is 4.79 Å². The molecule has 4 N–H and O–H groups in total. The number of amides is 1. The van der Waals surface area contributed by atoms with Crippen molar-refractivity contribution >= 4 is 17.1 Å². The zero-order valence-electron chi connectivity index (χ0n) is 10.8. The van der Waals surface area contributed by atoms with Gasteiger partial charge < -0.3 is 16.2 Å². The molecule has 0 unspecified atom stereocenters. The summed E-state index contributed by atoms with van der Waals surface area (Å²) in [5.41, 5.74) is 11.7. The van der Waals surface area contributed by atoms with Crippen molar-refractivity contribution in [2.75, 3.05) is 5.73 Å². The third-order valence-corrected chi connectivity index (χ3v) is 2.96. The standard InChI is InChI=1S/C14H11FN4O2/c15-10-7-8(16)1-2-12(10)21-13-9(14(17)20)4-6-19-11(13)3-5-18-19/h1-7H,16H2,(H2,17,20). The van der Waals surface area contributed by atoms with Crippen molar-refractivity contribution in [2.45, 2.75) is 0 Å². The van der Waals surface area contributed by atoms with Gasteiger partial charge in [0, 0.05) is 18.0 Å². The first kappa shape index (κ1) is 12.9. The number of hydrogen-bond donors (Lipinski definition) is 2. The van der Waals surface area contributed by atoms with E-state index in [0.29, 0.717) is 5.52 Å². The van der Waals surface area contributed by atoms with Crippen LogP contribution < -0.4 is 16.2 Å². The highest BCUT2D eigenvalue weighted by atomic mass is 19.1. The van der Waals surface area contributed by atoms with Crippen LogP contribution in [0, 0.1) is 5.82 Å². The van der Waals surface area contributed by atoms with Gasteiger partial charge in [0.15, 0.2) is 17.3 Å². The minimum Gasteiger partial charge on any atom is -0.451 e. The van der Waals surface area contributed by atoms with Crippen molar-refractivity contribution < 1.29 is 13.9 Å². The zero-order valence-corrected chi connectivity index (χ0v) is 10.8. The Hall–Kier alpha value is -3.09. The molecule has 0 saturated heterocycles. The van der Waals surface area contributed by atoms with Crippen LogP contribution in [0.15, 0.2) is 42.7 Å². The molecule has 0 bridgehead atoms. The number of aromatic nitrogens is 2. The van der Waals surface area contributed by atoms with E-state index in [-0.39, 0.29) is 22.7 Å². The fourth-order valence-corrected chi connectivity index (χ4v) is 1.98. The predicted molar refractivity (Wildman–Crippen MR) is 74.6 cm³/mol. The van der Waals surface area contributed by atoms with Crippen LogP contribution in [0.1, 0.15) is 10.4 Å². The number of nitrogens with zero attached hydrogens (tertiary/aromatic N) is 2. The molecule has 1 aromatic carbocycles. The van der Waals surface area contributed by atoms with Gasteiger partial charge in [-0.1, -0.05) is 0 Å². The number of halogens is 1. The number of rotatable bonds is 3. The lowest BCUT2D eigenvalue weighted by Gasteiger charge is -2.11. The minimum atomic E-state index is -0.676. The smallest absolute Gasteiger partial charge is 0.252 e. The predicted octanol–water partition coefficient (Wildman–Crippen LogP) is 1.95. The molecule has 106 valence electrons. The highest BCUT2D eigenvalue weighted by molar-refractivity contribution is 5.98. The van der Waals surface area contributed by atoms with Gasteiger partial charge in [-0.15, -0.1) is 0 Å². The lowest BCUT2D eigenvalue weighted by molar-refractivity contribution is 0.0998. The van der Waals surface area contributed by atoms with Crippen molar-refractivity contribution in [3.63, 3.8) is 0 Å². The molecule has 0 spiro atoms. The number of ether oxygens (including phenoxy) is 1. The summed E-state index contributed by atoms with van der Waals surface area (Å²) in [6.45, 7) is 0. The van der Waals surface area contributed by atoms with E-state index in [1.54, 1.807) is 12.3 Å². The molecule has 21 heavy (non-hydrogen) atoms. The fourth-order valence-electron chi connectivity index (χ4n) is 1.98. The normalized spacial score (nSPS) is 10.7. The maximum atomic E-state index is 13.9. The van der Waals surface area contributed by atoms with Crippen LogP contribution >= 0.6 is 0 Å². The fraction of sp³-hybridized carbons (Fsp3) is 0. The van der Waals surface area contributed by atoms with E-state index in [0.717, 1.165) is 6.07 Å². The Bertz CT molecular complexity index is 844. The van der Waals surface area contributed by atoms with Crippen molar-refractivity contribution in [2.24, 2.45) is 5.73 Å². The number of nitrogens with two attached hydrogens (primary N) is 2. The molecule has 0 aliphatic rings. The Kier molecular flexibility index (Phi) is 2.94. The molecule has 1 amide bonds. The van der Waals surface area contributed by atoms with Crippen molar-refractivity contribution in [1.29, 1.82) is 0 Å². The maximum Gasteiger partial charge on any atom is 0.252 e. The second-order valence-corrected chi connectivity index (χ2v) is 4.38. The van der Waals surface area contributed by atoms with Gasteiger partial charge >= 0.3 is 0 Å². The van der Waals surface area contributed by atoms with Crippen LogP contribution in [0.3, 0.4) is 0 Å². The summed E-state index contributed by atoms with van der Waals surface area (Å²) < 4.78 is 20.9. The van der Waals surface area contributed by atoms with E-state index in [9.17, 15) is 9.18 Å². The second-order valence-electron chi connectivity index (χ2n) is 4.38. The third-order valence-electron chi connectivity index (χ3n) is 2.96. The topological polar surface area (TPSA) is 95.6 Å². The number of nitrogen functional groups attached to an aromatic ring is 1. The molecule has 7 heteroatoms. The van der Waals surface area contributed by atoms with Crippen LogP contribution in [0.4, 0.5) is 10.1 Å². The molecule has 0 aliphatic heterocycles. The molecule has 0 aliphatic carbocycles. The molecule has 0 fully saturated rings. The van der Waals surface area contributed by atoms with Gasteiger partial charge in [-0.25, -0.2) is 8.91 Å². The summed E-state index contributed by atoms with van der Waals surface area (Å²) >= 11 is 0. The number of fused-ring (bicyclic) bond motifs is 1. The quantitative estimate of drug-likeness (QED) is 0.719. The van der Waals surface area contributed by atoms with Gasteiger partial charge in [-0.2, -0.15) is 5.10 Å². The molecule has 3 aromatic rings. The summed E-state index contributed by atoms with van der Waals surface area (Å²) in [4.78, 5) is 11.5. The molecule has 2 aromatic heterocycles. The summed E-state index contributed by atoms with van der Waals surface area (Å²) in [7, 11) is 0. The van der Waals surface area contributed by atoms with Gasteiger partial charge in [0.05, 0.1) is 11.8 Å². The Labute approximate surface area is 118 Å². The number of primary amides is 1. The summed E-state index contributed by atoms with van der Waals surface area (Å²) in [6, 6.07) is 7.12. The Morgan fingerprint density at radius 1 is 1.29 bits per heavy atom. The highest BCUT2D eigenvalue weighted by Gasteiger charge is 2.17. The van der Waals surface area contributed by atoms with Gasteiger partial charge in [-0.05, 0) is 24.3 Å². The van der Waals surface area contributed by atoms with Gasteiger partial charge in [0.25, 0.3) is 5.91 Å². The first-order valence-electron chi connectivity index (χ1n) is 6.05. The average molecular weight is 286 g/mol. The molecule has 0 saturated carbocycles. The number of hydrogen-bond acceptors (Lipinski definition) is 4. The monoisotopic (exact) mass is 286 g/mol. The lowest BCUT2D eigenvalue weighted by Crippen LogP contribution is -2.13. The summed E-state index contributed by atoms with van der Waals surface area (Å²) in [5.74, 6) is -1.22. The molecule has 0 atom stereocenters. The number of carbonyl (C=O) groups excluding carboxylic acids is 1. The molecular formula is C14H11FN4O2. The molecule has 6 nitrogen and oxygen atoms in total. The van der Waals surface area contributed by atoms with Gasteiger partial charge in [0.1, 0.15) is 5.52 Å². The van der Waals surface area contributed by atoms with E-state index >= 15 is 0 Å². The molecule has 2 heterocycles. The molecule has 3 rings (SSSR count). The highest BCUT2D eigenvalue weighted by Crippen LogP contribution is 2.32. The van der Waals surface area contributed by atoms with E-state index in [4.69, 9.17) is 16.2 Å². The Balaban J connectivity index is 2.16. The maximum absolute atomic E-state index is 13.9. The van der Waals surface area contributed by atoms with E-state index in [1.165, 1.54) is 28.9 Å². The van der Waals surface area contributed by atoms with E-state index in [2.05, 4.69) is 5.10 Å². The Morgan fingerprint density at radius 2 is 2.10 bits per heavy atom. The number of benzene rings is 1. The first-order chi connectivity index (χ1) is 10.1. The largest absolute Gasteiger partial charge is 0.451 e. The van der Waals surface area contributed by atoms with Crippen LogP contribution in [0.5, 0.6) is 11.5 Å². The molecule has 0 radical (unpaired) electrons. The number of carbonyl (C=O) groups is 1. The number of pyridine rings is 1. The van der Waals surface area contributed by atoms with Crippen molar-refractivity contribution in [1.82, 2.24) is 9.61 Å². The van der Waals surface area contributed by atoms with Crippen molar-refractivity contribution in [3.8, 4) is 11.5 Å². The van der Waals surface area contributed by atoms with Crippen LogP contribution in [0.25, 0.3) is 5.52 Å². The lowest BCUT2D eigenvalue weighted by atomic mass is 10.2. The average Bonchev–Trinajstić information content (AvgIpc) is 2.90. The SMILES string of the molecule is NC(=O)c1ccn2nccc2c1Oc1ccc(N)cc1F. The van der Waals surface area contributed by atoms with E-state index in [1.807, 2.05) is 0 Å². The zero-order chi connectivity index (χ0) is 15.0. The first-order valence-corrected chi connectivity index (χ1v) is 6.05. The second kappa shape index (κ2) is 4.78. The summed E-state index contributed by atoms with van der Waals surface area (Å²) in [5, 5.41) is 4.03. The van der Waals surface area contributed by atoms with Gasteiger partial charge in [0.2, 0.25) is 0 Å². The number of anilines is 1. The molecular weight excluding hydrogens is 275 g/mol.